The second kappa shape index (κ2) is 10.1. The Balaban J connectivity index is 1.56. The van der Waals surface area contributed by atoms with Gasteiger partial charge in [0.05, 0.1) is 33.4 Å². The highest BCUT2D eigenvalue weighted by atomic mass is 35.5. The summed E-state index contributed by atoms with van der Waals surface area (Å²) in [6, 6.07) is 43.2. The van der Waals surface area contributed by atoms with Gasteiger partial charge in [-0.3, -0.25) is 14.4 Å². The van der Waals surface area contributed by atoms with Crippen LogP contribution >= 0.6 is 23.2 Å². The number of anilines is 1. The van der Waals surface area contributed by atoms with E-state index in [0.29, 0.717) is 16.1 Å². The number of carbonyl (C=O) groups excluding carboxylic acids is 3. The second-order valence-corrected chi connectivity index (χ2v) is 12.6. The van der Waals surface area contributed by atoms with Crippen molar-refractivity contribution in [1.82, 2.24) is 0 Å². The van der Waals surface area contributed by atoms with Crippen LogP contribution in [0.4, 0.5) is 5.69 Å². The minimum Gasteiger partial charge on any atom is -0.297 e. The number of allylic oxidation sites excluding steroid dienone is 2. The number of imide groups is 1. The molecule has 0 unspecified atom stereocenters. The van der Waals surface area contributed by atoms with E-state index in [0.717, 1.165) is 22.3 Å². The normalized spacial score (nSPS) is 25.3. The average molecular weight is 627 g/mol. The monoisotopic (exact) mass is 625 g/mol. The van der Waals surface area contributed by atoms with E-state index < -0.39 is 34.5 Å². The van der Waals surface area contributed by atoms with E-state index in [4.69, 9.17) is 23.2 Å². The van der Waals surface area contributed by atoms with E-state index in [1.165, 1.54) is 4.90 Å². The lowest BCUT2D eigenvalue weighted by molar-refractivity contribution is -0.130. The summed E-state index contributed by atoms with van der Waals surface area (Å²) < 4.78 is 0. The molecule has 6 heteroatoms. The van der Waals surface area contributed by atoms with E-state index in [1.54, 1.807) is 18.2 Å². The van der Waals surface area contributed by atoms with Gasteiger partial charge in [-0.15, -0.1) is 0 Å². The molecule has 0 spiro atoms. The summed E-state index contributed by atoms with van der Waals surface area (Å²) in [5.74, 6) is -3.16. The lowest BCUT2D eigenvalue weighted by Gasteiger charge is -2.39. The van der Waals surface area contributed by atoms with Gasteiger partial charge in [-0.25, -0.2) is 4.90 Å². The molecule has 2 aliphatic carbocycles. The summed E-state index contributed by atoms with van der Waals surface area (Å²) in [6.07, 6.45) is 0. The van der Waals surface area contributed by atoms with Crippen LogP contribution in [0, 0.1) is 11.8 Å². The minimum absolute atomic E-state index is 0.168. The molecule has 8 rings (SSSR count). The van der Waals surface area contributed by atoms with Crippen LogP contribution in [0.15, 0.2) is 140 Å². The van der Waals surface area contributed by atoms with Crippen LogP contribution in [0.3, 0.4) is 0 Å². The molecule has 4 atom stereocenters. The first-order chi connectivity index (χ1) is 21.9. The van der Waals surface area contributed by atoms with Crippen LogP contribution < -0.4 is 4.90 Å². The maximum absolute atomic E-state index is 15.8. The standard InChI is InChI=1S/C39H25Cl2NO3/c40-28-21-22-29(41)30(23-28)42-35(43)33-34(36(42)44)39(27-19-11-4-12-20-27)32(25-15-7-2-8-16-25)31(24-13-5-1-6-14-24)38(33,37(39)45)26-17-9-3-10-18-26/h1-23,33-34H/t33-,34+,38-,39-/m0/s1. The molecular weight excluding hydrogens is 601 g/mol. The van der Waals surface area contributed by atoms with Gasteiger partial charge in [-0.2, -0.15) is 0 Å². The number of hydrogen-bond donors (Lipinski definition) is 0. The first-order valence-electron chi connectivity index (χ1n) is 14.8. The first kappa shape index (κ1) is 27.8. The summed E-state index contributed by atoms with van der Waals surface area (Å²) >= 11 is 13.0. The van der Waals surface area contributed by atoms with Crippen molar-refractivity contribution in [2.45, 2.75) is 10.8 Å². The van der Waals surface area contributed by atoms with E-state index >= 15 is 4.79 Å². The van der Waals surface area contributed by atoms with Gasteiger partial charge in [0, 0.05) is 5.02 Å². The molecule has 1 aliphatic heterocycles. The molecule has 5 aromatic rings. The largest absolute Gasteiger partial charge is 0.297 e. The van der Waals surface area contributed by atoms with Gasteiger partial charge in [-0.1, -0.05) is 145 Å². The highest BCUT2D eigenvalue weighted by Crippen LogP contribution is 2.74. The van der Waals surface area contributed by atoms with E-state index in [9.17, 15) is 9.59 Å². The number of hydrogen-bond acceptors (Lipinski definition) is 3. The Hall–Kier alpha value is -4.77. The van der Waals surface area contributed by atoms with Crippen molar-refractivity contribution in [3.8, 4) is 0 Å². The van der Waals surface area contributed by atoms with Gasteiger partial charge in [0.2, 0.25) is 11.8 Å². The van der Waals surface area contributed by atoms with Crippen LogP contribution in [0.2, 0.25) is 10.0 Å². The molecule has 0 N–H and O–H groups in total. The molecule has 1 saturated heterocycles. The van der Waals surface area contributed by atoms with Crippen LogP contribution in [0.1, 0.15) is 22.3 Å². The molecule has 2 bridgehead atoms. The zero-order chi connectivity index (χ0) is 30.9. The Morgan fingerprint density at radius 1 is 0.511 bits per heavy atom. The Bertz CT molecular complexity index is 1930. The van der Waals surface area contributed by atoms with Crippen molar-refractivity contribution in [2.75, 3.05) is 4.90 Å². The fourth-order valence-corrected chi connectivity index (χ4v) is 8.60. The molecule has 2 fully saturated rings. The van der Waals surface area contributed by atoms with Gasteiger partial charge < -0.3 is 0 Å². The predicted octanol–water partition coefficient (Wildman–Crippen LogP) is 8.18. The summed E-state index contributed by atoms with van der Waals surface area (Å²) in [5, 5.41) is 0.566. The maximum Gasteiger partial charge on any atom is 0.239 e. The van der Waals surface area contributed by atoms with Crippen molar-refractivity contribution < 1.29 is 14.4 Å². The van der Waals surface area contributed by atoms with Crippen molar-refractivity contribution in [2.24, 2.45) is 11.8 Å². The molecular formula is C39H25Cl2NO3. The fourth-order valence-electron chi connectivity index (χ4n) is 8.23. The number of benzene rings is 5. The second-order valence-electron chi connectivity index (χ2n) is 11.7. The van der Waals surface area contributed by atoms with Gasteiger partial charge in [0.1, 0.15) is 0 Å². The van der Waals surface area contributed by atoms with Crippen LogP contribution in [-0.4, -0.2) is 17.6 Å². The van der Waals surface area contributed by atoms with E-state index in [1.807, 2.05) is 121 Å². The lowest BCUT2D eigenvalue weighted by Crippen LogP contribution is -2.45. The molecule has 0 radical (unpaired) electrons. The molecule has 1 saturated carbocycles. The van der Waals surface area contributed by atoms with E-state index in [-0.39, 0.29) is 16.5 Å². The van der Waals surface area contributed by atoms with Crippen molar-refractivity contribution >= 4 is 57.6 Å². The van der Waals surface area contributed by atoms with E-state index in [2.05, 4.69) is 0 Å². The third-order valence-corrected chi connectivity index (χ3v) is 10.3. The molecule has 45 heavy (non-hydrogen) atoms. The molecule has 1 heterocycles. The number of nitrogens with zero attached hydrogens (tertiary/aromatic N) is 1. The van der Waals surface area contributed by atoms with Crippen LogP contribution in [0.5, 0.6) is 0 Å². The summed E-state index contributed by atoms with van der Waals surface area (Å²) in [6.45, 7) is 0. The number of amides is 2. The fraction of sp³-hybridized carbons (Fsp3) is 0.103. The molecule has 5 aromatic carbocycles. The number of rotatable bonds is 5. The highest BCUT2D eigenvalue weighted by Gasteiger charge is 2.82. The van der Waals surface area contributed by atoms with Gasteiger partial charge in [0.25, 0.3) is 0 Å². The number of fused-ring (bicyclic) bond motifs is 5. The van der Waals surface area contributed by atoms with Crippen LogP contribution in [-0.2, 0) is 25.2 Å². The SMILES string of the molecule is O=C1[C@@H]2[C@H](C(=O)N1c1cc(Cl)ccc1Cl)[C@@]1(c3ccccc3)C(=O)[C@@]2(c2ccccc2)C(c2ccccc2)=C1c1ccccc1. The zero-order valence-corrected chi connectivity index (χ0v) is 25.4. The molecule has 218 valence electrons. The summed E-state index contributed by atoms with van der Waals surface area (Å²) in [4.78, 5) is 47.0. The number of ketones is 1. The number of carbonyl (C=O) groups is 3. The molecule has 4 nitrogen and oxygen atoms in total. The van der Waals surface area contributed by atoms with Crippen molar-refractivity contribution in [3.63, 3.8) is 0 Å². The van der Waals surface area contributed by atoms with Crippen molar-refractivity contribution in [3.05, 3.63) is 172 Å². The molecule has 3 aliphatic rings. The molecule has 2 amide bonds. The Morgan fingerprint density at radius 3 is 1.33 bits per heavy atom. The smallest absolute Gasteiger partial charge is 0.239 e. The van der Waals surface area contributed by atoms with Gasteiger partial charge in [-0.05, 0) is 51.6 Å². The minimum atomic E-state index is -1.47. The van der Waals surface area contributed by atoms with Crippen LogP contribution in [0.25, 0.3) is 11.1 Å². The average Bonchev–Trinajstić information content (AvgIpc) is 3.59. The Morgan fingerprint density at radius 2 is 0.911 bits per heavy atom. The quantitative estimate of drug-likeness (QED) is 0.185. The van der Waals surface area contributed by atoms with Gasteiger partial charge in [0.15, 0.2) is 5.78 Å². The Kier molecular flexibility index (Phi) is 6.25. The summed E-state index contributed by atoms with van der Waals surface area (Å²) in [7, 11) is 0. The molecule has 0 aromatic heterocycles. The summed E-state index contributed by atoms with van der Waals surface area (Å²) in [5.41, 5.74) is 1.76. The number of halogens is 2. The van der Waals surface area contributed by atoms with Crippen molar-refractivity contribution in [1.29, 1.82) is 0 Å². The third kappa shape index (κ3) is 3.52. The highest BCUT2D eigenvalue weighted by molar-refractivity contribution is 6.42. The number of Topliss-reactive ketones (excluding diaryl/α,β-unsaturated/α-hetero) is 1. The first-order valence-corrected chi connectivity index (χ1v) is 15.5. The Labute approximate surface area is 270 Å². The van der Waals surface area contributed by atoms with Gasteiger partial charge >= 0.3 is 0 Å². The lowest BCUT2D eigenvalue weighted by atomic mass is 9.59. The maximum atomic E-state index is 15.8. The topological polar surface area (TPSA) is 54.5 Å². The zero-order valence-electron chi connectivity index (χ0n) is 23.9. The third-order valence-electron chi connectivity index (χ3n) is 9.73. The predicted molar refractivity (Wildman–Crippen MR) is 177 cm³/mol.